The lowest BCUT2D eigenvalue weighted by atomic mass is 10.0. The summed E-state index contributed by atoms with van der Waals surface area (Å²) in [6.07, 6.45) is 6.74. The SMILES string of the molecule is NC(=O)c1ccc(CSC2CCCCC2)c(N)c1. The monoisotopic (exact) mass is 264 g/mol. The number of amides is 1. The van der Waals surface area contributed by atoms with Gasteiger partial charge < -0.3 is 11.5 Å². The number of carbonyl (C=O) groups excluding carboxylic acids is 1. The molecule has 18 heavy (non-hydrogen) atoms. The van der Waals surface area contributed by atoms with Gasteiger partial charge in [0.1, 0.15) is 0 Å². The Morgan fingerprint density at radius 1 is 1.28 bits per heavy atom. The average molecular weight is 264 g/mol. The standard InChI is InChI=1S/C14H20N2OS/c15-13-8-10(14(16)17)6-7-11(13)9-18-12-4-2-1-3-5-12/h6-8,12H,1-5,9,15H2,(H2,16,17). The fourth-order valence-corrected chi connectivity index (χ4v) is 3.66. The molecule has 4 N–H and O–H groups in total. The van der Waals surface area contributed by atoms with Crippen LogP contribution in [0.4, 0.5) is 5.69 Å². The summed E-state index contributed by atoms with van der Waals surface area (Å²) in [5.74, 6) is 0.503. The Morgan fingerprint density at radius 2 is 2.00 bits per heavy atom. The molecule has 0 radical (unpaired) electrons. The van der Waals surface area contributed by atoms with Crippen LogP contribution in [0.15, 0.2) is 18.2 Å². The van der Waals surface area contributed by atoms with E-state index in [0.29, 0.717) is 11.3 Å². The van der Waals surface area contributed by atoms with E-state index < -0.39 is 5.91 Å². The molecule has 0 spiro atoms. The third-order valence-corrected chi connectivity index (χ3v) is 4.88. The number of thioether (sulfide) groups is 1. The van der Waals surface area contributed by atoms with Crippen molar-refractivity contribution < 1.29 is 4.79 Å². The van der Waals surface area contributed by atoms with Crippen LogP contribution in [0.25, 0.3) is 0 Å². The van der Waals surface area contributed by atoms with E-state index in [1.807, 2.05) is 17.8 Å². The van der Waals surface area contributed by atoms with E-state index >= 15 is 0 Å². The molecule has 1 saturated carbocycles. The van der Waals surface area contributed by atoms with Gasteiger partial charge in [0.05, 0.1) is 0 Å². The molecule has 1 aliphatic rings. The van der Waals surface area contributed by atoms with E-state index in [-0.39, 0.29) is 0 Å². The molecule has 98 valence electrons. The van der Waals surface area contributed by atoms with Gasteiger partial charge in [0.25, 0.3) is 0 Å². The molecule has 0 unspecified atom stereocenters. The van der Waals surface area contributed by atoms with Crippen LogP contribution in [-0.2, 0) is 5.75 Å². The minimum Gasteiger partial charge on any atom is -0.398 e. The highest BCUT2D eigenvalue weighted by Crippen LogP contribution is 2.31. The number of anilines is 1. The average Bonchev–Trinajstić information content (AvgIpc) is 2.38. The van der Waals surface area contributed by atoms with Crippen LogP contribution in [0.5, 0.6) is 0 Å². The predicted octanol–water partition coefficient (Wildman–Crippen LogP) is 2.93. The molecule has 0 saturated heterocycles. The fraction of sp³-hybridized carbons (Fsp3) is 0.500. The Hall–Kier alpha value is -1.16. The summed E-state index contributed by atoms with van der Waals surface area (Å²) in [7, 11) is 0. The molecule has 1 fully saturated rings. The number of nitrogens with two attached hydrogens (primary N) is 2. The topological polar surface area (TPSA) is 69.1 Å². The Morgan fingerprint density at radius 3 is 2.61 bits per heavy atom. The van der Waals surface area contributed by atoms with Crippen LogP contribution >= 0.6 is 11.8 Å². The zero-order valence-electron chi connectivity index (χ0n) is 10.5. The first-order chi connectivity index (χ1) is 8.66. The molecular weight excluding hydrogens is 244 g/mol. The summed E-state index contributed by atoms with van der Waals surface area (Å²) in [6, 6.07) is 5.36. The Balaban J connectivity index is 1.94. The van der Waals surface area contributed by atoms with Crippen molar-refractivity contribution in [1.29, 1.82) is 0 Å². The van der Waals surface area contributed by atoms with E-state index in [4.69, 9.17) is 11.5 Å². The van der Waals surface area contributed by atoms with E-state index in [9.17, 15) is 4.79 Å². The molecular formula is C14H20N2OS. The molecule has 1 aromatic rings. The van der Waals surface area contributed by atoms with Gasteiger partial charge in [0.15, 0.2) is 0 Å². The van der Waals surface area contributed by atoms with Crippen molar-refractivity contribution in [2.75, 3.05) is 5.73 Å². The summed E-state index contributed by atoms with van der Waals surface area (Å²) in [6.45, 7) is 0. The van der Waals surface area contributed by atoms with Crippen LogP contribution in [0, 0.1) is 0 Å². The second-order valence-corrected chi connectivity index (χ2v) is 6.14. The van der Waals surface area contributed by atoms with Crippen molar-refractivity contribution in [3.05, 3.63) is 29.3 Å². The Labute approximate surface area is 112 Å². The van der Waals surface area contributed by atoms with Crippen molar-refractivity contribution >= 4 is 23.4 Å². The minimum absolute atomic E-state index is 0.423. The zero-order valence-corrected chi connectivity index (χ0v) is 11.3. The van der Waals surface area contributed by atoms with E-state index in [2.05, 4.69) is 0 Å². The number of carbonyl (C=O) groups is 1. The van der Waals surface area contributed by atoms with Gasteiger partial charge in [-0.05, 0) is 30.5 Å². The van der Waals surface area contributed by atoms with Gasteiger partial charge in [0.2, 0.25) is 5.91 Å². The second-order valence-electron chi connectivity index (χ2n) is 4.85. The molecule has 0 aromatic heterocycles. The molecule has 3 nitrogen and oxygen atoms in total. The highest BCUT2D eigenvalue weighted by atomic mass is 32.2. The maximum Gasteiger partial charge on any atom is 0.248 e. The summed E-state index contributed by atoms with van der Waals surface area (Å²) < 4.78 is 0. The number of primary amides is 1. The van der Waals surface area contributed by atoms with Gasteiger partial charge in [-0.1, -0.05) is 25.3 Å². The third kappa shape index (κ3) is 3.42. The van der Waals surface area contributed by atoms with Crippen LogP contribution in [-0.4, -0.2) is 11.2 Å². The third-order valence-electron chi connectivity index (χ3n) is 3.46. The van der Waals surface area contributed by atoms with E-state index in [1.165, 1.54) is 32.1 Å². The zero-order chi connectivity index (χ0) is 13.0. The molecule has 2 rings (SSSR count). The number of hydrogen-bond acceptors (Lipinski definition) is 3. The lowest BCUT2D eigenvalue weighted by Gasteiger charge is -2.21. The molecule has 1 amide bonds. The molecule has 1 aromatic carbocycles. The maximum atomic E-state index is 11.0. The van der Waals surface area contributed by atoms with Crippen molar-refractivity contribution in [3.8, 4) is 0 Å². The van der Waals surface area contributed by atoms with Gasteiger partial charge in [0, 0.05) is 22.3 Å². The first-order valence-electron chi connectivity index (χ1n) is 6.46. The molecule has 0 atom stereocenters. The van der Waals surface area contributed by atoms with Crippen molar-refractivity contribution in [2.45, 2.75) is 43.1 Å². The highest BCUT2D eigenvalue weighted by Gasteiger charge is 2.14. The van der Waals surface area contributed by atoms with Crippen molar-refractivity contribution in [1.82, 2.24) is 0 Å². The second kappa shape index (κ2) is 6.14. The van der Waals surface area contributed by atoms with Crippen LogP contribution in [0.2, 0.25) is 0 Å². The molecule has 0 aliphatic heterocycles. The lowest BCUT2D eigenvalue weighted by molar-refractivity contribution is 0.100. The number of benzene rings is 1. The number of nitrogen functional groups attached to an aromatic ring is 1. The molecule has 0 heterocycles. The largest absolute Gasteiger partial charge is 0.398 e. The van der Waals surface area contributed by atoms with Gasteiger partial charge in [-0.2, -0.15) is 11.8 Å². The summed E-state index contributed by atoms with van der Waals surface area (Å²) >= 11 is 1.98. The van der Waals surface area contributed by atoms with Crippen LogP contribution in [0.3, 0.4) is 0 Å². The summed E-state index contributed by atoms with van der Waals surface area (Å²) in [5.41, 5.74) is 13.4. The molecule has 1 aliphatic carbocycles. The minimum atomic E-state index is -0.423. The highest BCUT2D eigenvalue weighted by molar-refractivity contribution is 7.99. The fourth-order valence-electron chi connectivity index (χ4n) is 2.32. The Bertz CT molecular complexity index is 428. The van der Waals surface area contributed by atoms with Crippen molar-refractivity contribution in [2.24, 2.45) is 5.73 Å². The normalized spacial score (nSPS) is 16.7. The van der Waals surface area contributed by atoms with Gasteiger partial charge in [-0.3, -0.25) is 4.79 Å². The maximum absolute atomic E-state index is 11.0. The first-order valence-corrected chi connectivity index (χ1v) is 7.51. The van der Waals surface area contributed by atoms with E-state index in [1.54, 1.807) is 12.1 Å². The lowest BCUT2D eigenvalue weighted by Crippen LogP contribution is -2.12. The smallest absolute Gasteiger partial charge is 0.248 e. The molecule has 4 heteroatoms. The van der Waals surface area contributed by atoms with Gasteiger partial charge in [-0.15, -0.1) is 0 Å². The number of hydrogen-bond donors (Lipinski definition) is 2. The first kappa shape index (κ1) is 13.3. The summed E-state index contributed by atoms with van der Waals surface area (Å²) in [4.78, 5) is 11.0. The van der Waals surface area contributed by atoms with Gasteiger partial charge in [-0.25, -0.2) is 0 Å². The van der Waals surface area contributed by atoms with Gasteiger partial charge >= 0.3 is 0 Å². The van der Waals surface area contributed by atoms with Crippen LogP contribution in [0.1, 0.15) is 48.0 Å². The quantitative estimate of drug-likeness (QED) is 0.821. The van der Waals surface area contributed by atoms with E-state index in [0.717, 1.165) is 16.6 Å². The number of rotatable bonds is 4. The molecule has 0 bridgehead atoms. The predicted molar refractivity (Wildman–Crippen MR) is 77.5 cm³/mol. The van der Waals surface area contributed by atoms with Crippen molar-refractivity contribution in [3.63, 3.8) is 0 Å². The van der Waals surface area contributed by atoms with Crippen LogP contribution < -0.4 is 11.5 Å². The summed E-state index contributed by atoms with van der Waals surface area (Å²) in [5, 5.41) is 0.772. The Kier molecular flexibility index (Phi) is 4.53.